The predicted molar refractivity (Wildman–Crippen MR) is 136 cm³/mol. The Morgan fingerprint density at radius 1 is 1.15 bits per heavy atom. The molecule has 2 N–H and O–H groups in total. The highest BCUT2D eigenvalue weighted by Crippen LogP contribution is 2.50. The molecule has 0 saturated heterocycles. The Hall–Kier alpha value is -2.89. The minimum atomic E-state index is -0.979. The molecule has 0 radical (unpaired) electrons. The number of aliphatic carboxylic acids is 1. The summed E-state index contributed by atoms with van der Waals surface area (Å²) in [4.78, 5) is 27.1. The topological polar surface area (TPSA) is 86.3 Å². The molecule has 0 spiro atoms. The number of aromatic nitrogens is 2. The standard InChI is InChI=1S/C28H37N3O3/c1-5-9-21-20(11-8-10-19-16-29-30-26(19)21)22-15-24-23(14-18(22)4)28(12-6-2,13-7-3)27(34)31(24)17-25(32)33/h14-16H,5-13,17H2,1-4H3,(H,29,30)(H,32,33). The van der Waals surface area contributed by atoms with Gasteiger partial charge in [0.15, 0.2) is 0 Å². The zero-order valence-electron chi connectivity index (χ0n) is 21.0. The first-order valence-electron chi connectivity index (χ1n) is 12.8. The highest BCUT2D eigenvalue weighted by Gasteiger charge is 2.50. The van der Waals surface area contributed by atoms with Crippen molar-refractivity contribution in [3.63, 3.8) is 0 Å². The molecule has 0 saturated carbocycles. The van der Waals surface area contributed by atoms with Crippen molar-refractivity contribution in [2.45, 2.75) is 90.9 Å². The molecule has 4 rings (SSSR count). The fourth-order valence-electron chi connectivity index (χ4n) is 6.21. The smallest absolute Gasteiger partial charge is 0.323 e. The summed E-state index contributed by atoms with van der Waals surface area (Å²) >= 11 is 0. The first-order chi connectivity index (χ1) is 16.4. The van der Waals surface area contributed by atoms with Crippen molar-refractivity contribution in [1.29, 1.82) is 0 Å². The van der Waals surface area contributed by atoms with Gasteiger partial charge in [0.2, 0.25) is 5.91 Å². The maximum Gasteiger partial charge on any atom is 0.323 e. The van der Waals surface area contributed by atoms with Crippen molar-refractivity contribution in [3.05, 3.63) is 46.3 Å². The summed E-state index contributed by atoms with van der Waals surface area (Å²) < 4.78 is 0. The second kappa shape index (κ2) is 9.77. The minimum absolute atomic E-state index is 0.0513. The number of nitrogens with zero attached hydrogens (tertiary/aromatic N) is 2. The quantitative estimate of drug-likeness (QED) is 0.475. The summed E-state index contributed by atoms with van der Waals surface area (Å²) in [5.74, 6) is -1.03. The number of rotatable bonds is 9. The van der Waals surface area contributed by atoms with E-state index in [1.807, 2.05) is 6.20 Å². The number of carboxylic acids is 1. The van der Waals surface area contributed by atoms with Crippen molar-refractivity contribution in [2.75, 3.05) is 11.4 Å². The Morgan fingerprint density at radius 3 is 2.53 bits per heavy atom. The summed E-state index contributed by atoms with van der Waals surface area (Å²) in [6.07, 6.45) is 10.1. The zero-order chi connectivity index (χ0) is 24.5. The number of amides is 1. The third-order valence-corrected chi connectivity index (χ3v) is 7.53. The van der Waals surface area contributed by atoms with Gasteiger partial charge < -0.3 is 10.0 Å². The van der Waals surface area contributed by atoms with Crippen LogP contribution in [0.5, 0.6) is 0 Å². The zero-order valence-corrected chi connectivity index (χ0v) is 21.0. The second-order valence-corrected chi connectivity index (χ2v) is 9.88. The van der Waals surface area contributed by atoms with Crippen LogP contribution >= 0.6 is 0 Å². The van der Waals surface area contributed by atoms with E-state index in [2.05, 4.69) is 50.0 Å². The molecule has 1 aromatic carbocycles. The number of aryl methyl sites for hydroxylation is 2. The number of fused-ring (bicyclic) bond motifs is 2. The van der Waals surface area contributed by atoms with Crippen LogP contribution in [0.2, 0.25) is 0 Å². The van der Waals surface area contributed by atoms with Crippen molar-refractivity contribution >= 4 is 28.7 Å². The summed E-state index contributed by atoms with van der Waals surface area (Å²) in [6, 6.07) is 4.30. The van der Waals surface area contributed by atoms with E-state index in [0.29, 0.717) is 0 Å². The van der Waals surface area contributed by atoms with Crippen molar-refractivity contribution in [2.24, 2.45) is 0 Å². The molecular weight excluding hydrogens is 426 g/mol. The van der Waals surface area contributed by atoms with Crippen LogP contribution in [0, 0.1) is 6.92 Å². The van der Waals surface area contributed by atoms with Gasteiger partial charge >= 0.3 is 5.97 Å². The number of hydrogen-bond acceptors (Lipinski definition) is 3. The minimum Gasteiger partial charge on any atom is -0.480 e. The average Bonchev–Trinajstić information content (AvgIpc) is 3.28. The molecule has 0 fully saturated rings. The van der Waals surface area contributed by atoms with Gasteiger partial charge in [0, 0.05) is 5.69 Å². The lowest BCUT2D eigenvalue weighted by Crippen LogP contribution is -2.42. The Labute approximate surface area is 202 Å². The molecular formula is C28H37N3O3. The van der Waals surface area contributed by atoms with Crippen LogP contribution in [0.3, 0.4) is 0 Å². The van der Waals surface area contributed by atoms with Crippen LogP contribution in [0.4, 0.5) is 5.69 Å². The first kappa shape index (κ1) is 24.2. The van der Waals surface area contributed by atoms with E-state index in [-0.39, 0.29) is 12.5 Å². The van der Waals surface area contributed by atoms with E-state index in [4.69, 9.17) is 0 Å². The van der Waals surface area contributed by atoms with Gasteiger partial charge in [0.1, 0.15) is 6.54 Å². The molecule has 0 bridgehead atoms. The summed E-state index contributed by atoms with van der Waals surface area (Å²) in [6.45, 7) is 8.23. The van der Waals surface area contributed by atoms with Gasteiger partial charge in [0.05, 0.1) is 17.3 Å². The fraction of sp³-hybridized carbons (Fsp3) is 0.536. The lowest BCUT2D eigenvalue weighted by atomic mass is 9.73. The highest BCUT2D eigenvalue weighted by molar-refractivity contribution is 6.11. The molecule has 2 aromatic rings. The van der Waals surface area contributed by atoms with E-state index in [9.17, 15) is 14.7 Å². The lowest BCUT2D eigenvalue weighted by Gasteiger charge is -2.28. The largest absolute Gasteiger partial charge is 0.480 e. The number of H-pyrrole nitrogens is 1. The van der Waals surface area contributed by atoms with Gasteiger partial charge in [-0.1, -0.05) is 46.1 Å². The van der Waals surface area contributed by atoms with Gasteiger partial charge in [0.25, 0.3) is 0 Å². The first-order valence-corrected chi connectivity index (χ1v) is 12.8. The van der Waals surface area contributed by atoms with Gasteiger partial charge in [-0.2, -0.15) is 5.10 Å². The number of hydrogen-bond donors (Lipinski definition) is 2. The van der Waals surface area contributed by atoms with Crippen molar-refractivity contribution < 1.29 is 14.7 Å². The number of carbonyl (C=O) groups is 2. The van der Waals surface area contributed by atoms with Gasteiger partial charge in [-0.25, -0.2) is 0 Å². The molecule has 34 heavy (non-hydrogen) atoms. The second-order valence-electron chi connectivity index (χ2n) is 9.88. The van der Waals surface area contributed by atoms with E-state index < -0.39 is 11.4 Å². The number of carboxylic acid groups (broad SMARTS) is 1. The SMILES string of the molecule is CCCC1=C(c2cc3c(cc2C)C(CCC)(CCC)C(=O)N3CC(=O)O)CCCc2cn[nH]c21. The Bertz CT molecular complexity index is 1120. The van der Waals surface area contributed by atoms with Crippen molar-refractivity contribution in [1.82, 2.24) is 10.2 Å². The predicted octanol–water partition coefficient (Wildman–Crippen LogP) is 6.03. The van der Waals surface area contributed by atoms with E-state index in [0.717, 1.165) is 85.9 Å². The van der Waals surface area contributed by atoms with Crippen LogP contribution in [0.15, 0.2) is 18.3 Å². The number of nitrogens with one attached hydrogen (secondary N) is 1. The monoisotopic (exact) mass is 463 g/mol. The van der Waals surface area contributed by atoms with Crippen molar-refractivity contribution in [3.8, 4) is 0 Å². The maximum atomic E-state index is 13.8. The summed E-state index contributed by atoms with van der Waals surface area (Å²) in [5, 5.41) is 17.2. The maximum absolute atomic E-state index is 13.8. The number of benzene rings is 1. The Kier molecular flexibility index (Phi) is 6.96. The third-order valence-electron chi connectivity index (χ3n) is 7.53. The molecule has 182 valence electrons. The molecule has 2 heterocycles. The van der Waals surface area contributed by atoms with E-state index >= 15 is 0 Å². The molecule has 2 aliphatic rings. The molecule has 6 nitrogen and oxygen atoms in total. The number of carbonyl (C=O) groups excluding carboxylic acids is 1. The molecule has 1 aromatic heterocycles. The van der Waals surface area contributed by atoms with Gasteiger partial charge in [-0.05, 0) is 84.9 Å². The average molecular weight is 464 g/mol. The fourth-order valence-corrected chi connectivity index (χ4v) is 6.21. The van der Waals surface area contributed by atoms with E-state index in [1.165, 1.54) is 21.6 Å². The molecule has 6 heteroatoms. The molecule has 1 amide bonds. The van der Waals surface area contributed by atoms with Crippen LogP contribution in [0.25, 0.3) is 11.1 Å². The van der Waals surface area contributed by atoms with Crippen LogP contribution < -0.4 is 4.90 Å². The lowest BCUT2D eigenvalue weighted by molar-refractivity contribution is -0.137. The molecule has 0 unspecified atom stereocenters. The molecule has 1 aliphatic carbocycles. The number of allylic oxidation sites excluding steroid dienone is 2. The number of aromatic amines is 1. The summed E-state index contributed by atoms with van der Waals surface area (Å²) in [5.41, 5.74) is 8.48. The van der Waals surface area contributed by atoms with Crippen LogP contribution in [-0.4, -0.2) is 33.7 Å². The third kappa shape index (κ3) is 3.97. The normalized spacial score (nSPS) is 17.1. The van der Waals surface area contributed by atoms with E-state index in [1.54, 1.807) is 0 Å². The molecule has 0 atom stereocenters. The Morgan fingerprint density at radius 2 is 1.88 bits per heavy atom. The summed E-state index contributed by atoms with van der Waals surface area (Å²) in [7, 11) is 0. The van der Waals surface area contributed by atoms with Crippen LogP contribution in [0.1, 0.15) is 100 Å². The van der Waals surface area contributed by atoms with Gasteiger partial charge in [-0.15, -0.1) is 0 Å². The number of anilines is 1. The highest BCUT2D eigenvalue weighted by atomic mass is 16.4. The van der Waals surface area contributed by atoms with Crippen LogP contribution in [-0.2, 0) is 21.4 Å². The Balaban J connectivity index is 1.95. The van der Waals surface area contributed by atoms with Gasteiger partial charge in [-0.3, -0.25) is 14.7 Å². The molecule has 1 aliphatic heterocycles.